The fraction of sp³-hybridized carbons (Fsp3) is 0. The highest BCUT2D eigenvalue weighted by molar-refractivity contribution is 14.1. The van der Waals surface area contributed by atoms with Crippen molar-refractivity contribution < 1.29 is 0 Å². The van der Waals surface area contributed by atoms with Gasteiger partial charge in [0.1, 0.15) is 0 Å². The van der Waals surface area contributed by atoms with E-state index in [1.54, 1.807) is 0 Å². The van der Waals surface area contributed by atoms with E-state index in [0.29, 0.717) is 5.82 Å². The van der Waals surface area contributed by atoms with Crippen LogP contribution in [0.15, 0.2) is 24.5 Å². The lowest BCUT2D eigenvalue weighted by Crippen LogP contribution is -1.97. The van der Waals surface area contributed by atoms with E-state index in [0.717, 1.165) is 12.7 Å². The van der Waals surface area contributed by atoms with Gasteiger partial charge in [-0.3, -0.25) is 0 Å². The number of benzene rings is 1. The van der Waals surface area contributed by atoms with Crippen LogP contribution in [-0.4, -0.2) is 20.4 Å². The summed E-state index contributed by atoms with van der Waals surface area (Å²) in [7, 11) is 0. The summed E-state index contributed by atoms with van der Waals surface area (Å²) in [5.74, 6) is 0.571. The van der Waals surface area contributed by atoms with Crippen LogP contribution >= 0.6 is 45.2 Å². The lowest BCUT2D eigenvalue weighted by Gasteiger charge is -2.03. The predicted octanol–water partition coefficient (Wildman–Crippen LogP) is 2.14. The van der Waals surface area contributed by atoms with Gasteiger partial charge in [-0.2, -0.15) is 0 Å². The minimum atomic E-state index is 0.571. The Morgan fingerprint density at radius 1 is 0.929 bits per heavy atom. The van der Waals surface area contributed by atoms with Gasteiger partial charge in [0.05, 0.1) is 0 Å². The Morgan fingerprint density at radius 3 is 2.07 bits per heavy atom. The predicted molar refractivity (Wildman–Crippen MR) is 68.5 cm³/mol. The third-order valence-electron chi connectivity index (χ3n) is 1.59. The molecule has 0 unspecified atom stereocenters. The van der Waals surface area contributed by atoms with Crippen LogP contribution in [-0.2, 0) is 0 Å². The fourth-order valence-corrected chi connectivity index (χ4v) is 3.01. The van der Waals surface area contributed by atoms with Crippen LogP contribution in [0.25, 0.3) is 11.4 Å². The van der Waals surface area contributed by atoms with Crippen molar-refractivity contribution in [2.75, 3.05) is 0 Å². The highest BCUT2D eigenvalue weighted by Gasteiger charge is 2.10. The molecular formula is C8H4I2N4. The zero-order valence-electron chi connectivity index (χ0n) is 6.85. The van der Waals surface area contributed by atoms with Crippen LogP contribution < -0.4 is 0 Å². The van der Waals surface area contributed by atoms with Gasteiger partial charge in [0.2, 0.25) is 5.82 Å². The first-order valence-corrected chi connectivity index (χ1v) is 5.89. The third kappa shape index (κ3) is 2.00. The topological polar surface area (TPSA) is 51.6 Å². The van der Waals surface area contributed by atoms with Crippen LogP contribution in [0.5, 0.6) is 0 Å². The third-order valence-corrected chi connectivity index (χ3v) is 3.39. The quantitative estimate of drug-likeness (QED) is 0.677. The number of aromatic nitrogens is 4. The molecule has 4 nitrogen and oxygen atoms in total. The van der Waals surface area contributed by atoms with E-state index in [2.05, 4.69) is 65.6 Å². The Morgan fingerprint density at radius 2 is 1.50 bits per heavy atom. The molecule has 2 aromatic rings. The molecule has 70 valence electrons. The average Bonchev–Trinajstić information content (AvgIpc) is 2.19. The summed E-state index contributed by atoms with van der Waals surface area (Å²) in [6.07, 6.45) is 1.33. The molecule has 1 aromatic heterocycles. The fourth-order valence-electron chi connectivity index (χ4n) is 1.02. The van der Waals surface area contributed by atoms with Crippen molar-refractivity contribution >= 4 is 45.2 Å². The van der Waals surface area contributed by atoms with Gasteiger partial charge in [-0.05, 0) is 57.3 Å². The maximum absolute atomic E-state index is 3.94. The van der Waals surface area contributed by atoms with E-state index >= 15 is 0 Å². The largest absolute Gasteiger partial charge is 0.205 e. The molecule has 0 aliphatic heterocycles. The van der Waals surface area contributed by atoms with E-state index in [4.69, 9.17) is 0 Å². The Hall–Kier alpha value is -0.380. The molecule has 0 atom stereocenters. The van der Waals surface area contributed by atoms with Crippen molar-refractivity contribution in [3.05, 3.63) is 31.7 Å². The Bertz CT molecular complexity index is 426. The standard InChI is InChI=1S/C8H4I2N4/c9-5-2-1-3-6(10)7(5)8-13-11-4-12-14-8/h1-4H. The molecule has 1 heterocycles. The molecule has 0 aliphatic carbocycles. The van der Waals surface area contributed by atoms with Gasteiger partial charge in [0.15, 0.2) is 6.33 Å². The second-order valence-electron chi connectivity index (χ2n) is 2.47. The van der Waals surface area contributed by atoms with E-state index in [-0.39, 0.29) is 0 Å². The normalized spacial score (nSPS) is 10.1. The van der Waals surface area contributed by atoms with Crippen molar-refractivity contribution in [2.24, 2.45) is 0 Å². The van der Waals surface area contributed by atoms with Gasteiger partial charge in [0.25, 0.3) is 0 Å². The zero-order valence-corrected chi connectivity index (χ0v) is 11.2. The number of halogens is 2. The first-order valence-electron chi connectivity index (χ1n) is 3.74. The molecule has 0 saturated heterocycles. The van der Waals surface area contributed by atoms with E-state index in [1.165, 1.54) is 6.33 Å². The number of rotatable bonds is 1. The van der Waals surface area contributed by atoms with Gasteiger partial charge >= 0.3 is 0 Å². The van der Waals surface area contributed by atoms with Crippen molar-refractivity contribution in [1.29, 1.82) is 0 Å². The van der Waals surface area contributed by atoms with Crippen LogP contribution in [0.1, 0.15) is 0 Å². The molecule has 2 rings (SSSR count). The molecule has 0 spiro atoms. The molecule has 0 radical (unpaired) electrons. The van der Waals surface area contributed by atoms with E-state index in [1.807, 2.05) is 18.2 Å². The highest BCUT2D eigenvalue weighted by Crippen LogP contribution is 2.26. The lowest BCUT2D eigenvalue weighted by atomic mass is 10.2. The average molecular weight is 410 g/mol. The molecule has 0 N–H and O–H groups in total. The Labute approximate surface area is 108 Å². The van der Waals surface area contributed by atoms with E-state index in [9.17, 15) is 0 Å². The summed E-state index contributed by atoms with van der Waals surface area (Å²) in [5, 5.41) is 15.3. The van der Waals surface area contributed by atoms with Crippen LogP contribution in [0.4, 0.5) is 0 Å². The van der Waals surface area contributed by atoms with Crippen LogP contribution in [0.2, 0.25) is 0 Å². The van der Waals surface area contributed by atoms with Crippen molar-refractivity contribution in [3.8, 4) is 11.4 Å². The number of nitrogens with zero attached hydrogens (tertiary/aromatic N) is 4. The van der Waals surface area contributed by atoms with Gasteiger partial charge in [-0.15, -0.1) is 20.4 Å². The van der Waals surface area contributed by atoms with Crippen molar-refractivity contribution in [2.45, 2.75) is 0 Å². The van der Waals surface area contributed by atoms with Crippen LogP contribution in [0, 0.1) is 7.14 Å². The second-order valence-corrected chi connectivity index (χ2v) is 4.79. The summed E-state index contributed by atoms with van der Waals surface area (Å²) < 4.78 is 2.20. The van der Waals surface area contributed by atoms with Crippen molar-refractivity contribution in [3.63, 3.8) is 0 Å². The first kappa shape index (κ1) is 10.1. The molecular weight excluding hydrogens is 406 g/mol. The Kier molecular flexibility index (Phi) is 3.21. The minimum absolute atomic E-state index is 0.571. The van der Waals surface area contributed by atoms with E-state index < -0.39 is 0 Å². The molecule has 14 heavy (non-hydrogen) atoms. The number of hydrogen-bond acceptors (Lipinski definition) is 4. The maximum Gasteiger partial charge on any atom is 0.205 e. The number of hydrogen-bond donors (Lipinski definition) is 0. The molecule has 0 aliphatic rings. The molecule has 0 bridgehead atoms. The summed E-state index contributed by atoms with van der Waals surface area (Å²) in [6.45, 7) is 0. The first-order chi connectivity index (χ1) is 6.79. The van der Waals surface area contributed by atoms with Gasteiger partial charge in [0, 0.05) is 12.7 Å². The molecule has 0 amide bonds. The van der Waals surface area contributed by atoms with Crippen molar-refractivity contribution in [1.82, 2.24) is 20.4 Å². The Balaban J connectivity index is 2.63. The van der Waals surface area contributed by atoms with Crippen LogP contribution in [0.3, 0.4) is 0 Å². The molecule has 0 fully saturated rings. The molecule has 0 saturated carbocycles. The van der Waals surface area contributed by atoms with Gasteiger partial charge in [-0.1, -0.05) is 6.07 Å². The second kappa shape index (κ2) is 4.43. The lowest BCUT2D eigenvalue weighted by molar-refractivity contribution is 0.863. The summed E-state index contributed by atoms with van der Waals surface area (Å²) in [4.78, 5) is 0. The molecule has 1 aromatic carbocycles. The monoisotopic (exact) mass is 410 g/mol. The molecule has 6 heteroatoms. The summed E-state index contributed by atoms with van der Waals surface area (Å²) in [5.41, 5.74) is 0.995. The smallest absolute Gasteiger partial charge is 0.135 e. The van der Waals surface area contributed by atoms with Gasteiger partial charge < -0.3 is 0 Å². The SMILES string of the molecule is Ic1cccc(I)c1-c1nncnn1. The maximum atomic E-state index is 3.94. The summed E-state index contributed by atoms with van der Waals surface area (Å²) >= 11 is 4.50. The highest BCUT2D eigenvalue weighted by atomic mass is 127. The van der Waals surface area contributed by atoms with Gasteiger partial charge in [-0.25, -0.2) is 0 Å². The summed E-state index contributed by atoms with van der Waals surface area (Å²) in [6, 6.07) is 6.01. The minimum Gasteiger partial charge on any atom is -0.135 e. The zero-order chi connectivity index (χ0) is 9.97.